The zero-order chi connectivity index (χ0) is 18.0. The van der Waals surface area contributed by atoms with Crippen molar-refractivity contribution in [2.75, 3.05) is 20.6 Å². The van der Waals surface area contributed by atoms with Crippen LogP contribution >= 0.6 is 11.3 Å². The topological polar surface area (TPSA) is 82.3 Å². The van der Waals surface area contributed by atoms with Crippen LogP contribution in [0.3, 0.4) is 0 Å². The molecule has 2 aromatic heterocycles. The maximum absolute atomic E-state index is 12.5. The highest BCUT2D eigenvalue weighted by molar-refractivity contribution is 7.07. The Morgan fingerprint density at radius 2 is 2.16 bits per heavy atom. The van der Waals surface area contributed by atoms with Crippen LogP contribution in [0.25, 0.3) is 0 Å². The molecule has 6 nitrogen and oxygen atoms in total. The van der Waals surface area contributed by atoms with E-state index in [0.717, 1.165) is 12.0 Å². The minimum Gasteiger partial charge on any atom is -0.350 e. The van der Waals surface area contributed by atoms with Crippen LogP contribution in [0.1, 0.15) is 50.9 Å². The van der Waals surface area contributed by atoms with E-state index in [-0.39, 0.29) is 17.4 Å². The molecule has 0 bridgehead atoms. The number of hydrogen-bond donors (Lipinski definition) is 2. The number of carbonyl (C=O) groups excluding carboxylic acids is 2. The number of hydrogen-bond acceptors (Lipinski definition) is 5. The molecular formula is C18H21N3O3S. The largest absolute Gasteiger partial charge is 0.350 e. The van der Waals surface area contributed by atoms with Crippen molar-refractivity contribution in [3.63, 3.8) is 0 Å². The van der Waals surface area contributed by atoms with Gasteiger partial charge in [-0.05, 0) is 55.4 Å². The fourth-order valence-corrected chi connectivity index (χ4v) is 3.80. The Morgan fingerprint density at radius 1 is 1.36 bits per heavy atom. The lowest BCUT2D eigenvalue weighted by molar-refractivity contribution is 0.0940. The Balaban J connectivity index is 1.78. The number of nitrogens with zero attached hydrogens (tertiary/aromatic N) is 1. The van der Waals surface area contributed by atoms with E-state index in [1.807, 2.05) is 35.8 Å². The van der Waals surface area contributed by atoms with Gasteiger partial charge in [-0.15, -0.1) is 0 Å². The lowest BCUT2D eigenvalue weighted by Gasteiger charge is -2.24. The van der Waals surface area contributed by atoms with Crippen molar-refractivity contribution in [1.82, 2.24) is 15.2 Å². The molecule has 3 rings (SSSR count). The summed E-state index contributed by atoms with van der Waals surface area (Å²) in [5, 5.41) is 6.86. The van der Waals surface area contributed by atoms with Gasteiger partial charge in [-0.1, -0.05) is 0 Å². The van der Waals surface area contributed by atoms with Gasteiger partial charge < -0.3 is 15.2 Å². The SMILES string of the molecule is CN(C)[C@H](CNC(=O)c1cc2c([nH]c1=O)CCCC2=O)c1ccsc1. The van der Waals surface area contributed by atoms with Gasteiger partial charge >= 0.3 is 0 Å². The smallest absolute Gasteiger partial charge is 0.261 e. The number of fused-ring (bicyclic) bond motifs is 1. The standard InChI is InChI=1S/C18H21N3O3S/c1-21(2)15(11-6-7-25-10-11)9-19-17(23)13-8-12-14(20-18(13)24)4-3-5-16(12)22/h6-8,10,15H,3-5,9H2,1-2H3,(H,19,23)(H,20,24)/t15-/m1/s1. The number of nitrogens with one attached hydrogen (secondary N) is 2. The summed E-state index contributed by atoms with van der Waals surface area (Å²) in [7, 11) is 3.89. The van der Waals surface area contributed by atoms with Crippen LogP contribution in [0, 0.1) is 0 Å². The molecule has 1 aliphatic rings. The molecule has 0 fully saturated rings. The molecule has 1 atom stereocenters. The van der Waals surface area contributed by atoms with E-state index in [9.17, 15) is 14.4 Å². The Morgan fingerprint density at radius 3 is 2.84 bits per heavy atom. The summed E-state index contributed by atoms with van der Waals surface area (Å²) >= 11 is 1.60. The van der Waals surface area contributed by atoms with Gasteiger partial charge in [0.2, 0.25) is 0 Å². The number of likely N-dealkylation sites (N-methyl/N-ethyl adjacent to an activating group) is 1. The van der Waals surface area contributed by atoms with Crippen molar-refractivity contribution < 1.29 is 9.59 Å². The van der Waals surface area contributed by atoms with Gasteiger partial charge in [0.15, 0.2) is 5.78 Å². The van der Waals surface area contributed by atoms with Gasteiger partial charge in [-0.25, -0.2) is 0 Å². The molecule has 2 aromatic rings. The molecule has 0 spiro atoms. The van der Waals surface area contributed by atoms with Crippen molar-refractivity contribution in [1.29, 1.82) is 0 Å². The van der Waals surface area contributed by atoms with Crippen LogP contribution in [-0.4, -0.2) is 42.2 Å². The number of Topliss-reactive ketones (excluding diaryl/α,β-unsaturated/α-hetero) is 1. The van der Waals surface area contributed by atoms with Crippen molar-refractivity contribution in [3.05, 3.63) is 55.6 Å². The number of amides is 1. The Bertz CT molecular complexity index is 840. The Labute approximate surface area is 149 Å². The first-order valence-electron chi connectivity index (χ1n) is 8.23. The Hall–Kier alpha value is -2.25. The second-order valence-electron chi connectivity index (χ2n) is 6.43. The summed E-state index contributed by atoms with van der Waals surface area (Å²) in [6.45, 7) is 0.382. The van der Waals surface area contributed by atoms with E-state index >= 15 is 0 Å². The number of aryl methyl sites for hydroxylation is 1. The van der Waals surface area contributed by atoms with E-state index in [0.29, 0.717) is 30.6 Å². The molecule has 132 valence electrons. The highest BCUT2D eigenvalue weighted by Crippen LogP contribution is 2.21. The molecule has 2 heterocycles. The average molecular weight is 359 g/mol. The molecule has 0 radical (unpaired) electrons. The van der Waals surface area contributed by atoms with Gasteiger partial charge in [0.1, 0.15) is 5.56 Å². The zero-order valence-electron chi connectivity index (χ0n) is 14.3. The summed E-state index contributed by atoms with van der Waals surface area (Å²) in [6.07, 6.45) is 1.86. The molecule has 7 heteroatoms. The van der Waals surface area contributed by atoms with Crippen LogP contribution in [0.4, 0.5) is 0 Å². The van der Waals surface area contributed by atoms with Gasteiger partial charge in [-0.2, -0.15) is 11.3 Å². The lowest BCUT2D eigenvalue weighted by atomic mass is 9.93. The molecule has 1 amide bonds. The van der Waals surface area contributed by atoms with Crippen molar-refractivity contribution >= 4 is 23.0 Å². The van der Waals surface area contributed by atoms with Crippen LogP contribution in [0.2, 0.25) is 0 Å². The number of rotatable bonds is 5. The first-order valence-corrected chi connectivity index (χ1v) is 9.17. The summed E-state index contributed by atoms with van der Waals surface area (Å²) in [5.74, 6) is -0.472. The van der Waals surface area contributed by atoms with Crippen molar-refractivity contribution in [2.24, 2.45) is 0 Å². The van der Waals surface area contributed by atoms with E-state index in [1.165, 1.54) is 6.07 Å². The predicted octanol–water partition coefficient (Wildman–Crippen LogP) is 1.99. The number of pyridine rings is 1. The summed E-state index contributed by atoms with van der Waals surface area (Å²) in [4.78, 5) is 41.4. The fourth-order valence-electron chi connectivity index (χ4n) is 3.09. The van der Waals surface area contributed by atoms with Crippen molar-refractivity contribution in [2.45, 2.75) is 25.3 Å². The molecule has 1 aliphatic carbocycles. The molecule has 2 N–H and O–H groups in total. The molecule has 0 unspecified atom stereocenters. The molecular weight excluding hydrogens is 338 g/mol. The summed E-state index contributed by atoms with van der Waals surface area (Å²) in [5.41, 5.74) is 1.78. The normalized spacial score (nSPS) is 15.1. The number of H-pyrrole nitrogens is 1. The number of ketones is 1. The van der Waals surface area contributed by atoms with E-state index < -0.39 is 11.5 Å². The third-order valence-electron chi connectivity index (χ3n) is 4.51. The number of thiophene rings is 1. The van der Waals surface area contributed by atoms with E-state index in [2.05, 4.69) is 10.3 Å². The zero-order valence-corrected chi connectivity index (χ0v) is 15.1. The number of aromatic nitrogens is 1. The molecule has 0 saturated heterocycles. The molecule has 0 aliphatic heterocycles. The monoisotopic (exact) mass is 359 g/mol. The van der Waals surface area contributed by atoms with Crippen LogP contribution in [-0.2, 0) is 6.42 Å². The number of aromatic amines is 1. The van der Waals surface area contributed by atoms with E-state index in [4.69, 9.17) is 0 Å². The maximum Gasteiger partial charge on any atom is 0.261 e. The number of carbonyl (C=O) groups is 2. The quantitative estimate of drug-likeness (QED) is 0.855. The first kappa shape index (κ1) is 17.6. The van der Waals surface area contributed by atoms with Crippen LogP contribution in [0.5, 0.6) is 0 Å². The third-order valence-corrected chi connectivity index (χ3v) is 5.21. The van der Waals surface area contributed by atoms with Gasteiger partial charge in [-0.3, -0.25) is 14.4 Å². The van der Waals surface area contributed by atoms with Gasteiger partial charge in [0.05, 0.1) is 6.04 Å². The van der Waals surface area contributed by atoms with Gasteiger partial charge in [0, 0.05) is 24.2 Å². The van der Waals surface area contributed by atoms with Gasteiger partial charge in [0.25, 0.3) is 11.5 Å². The minimum absolute atomic E-state index is 0.00294. The Kier molecular flexibility index (Phi) is 5.15. The van der Waals surface area contributed by atoms with Crippen LogP contribution < -0.4 is 10.9 Å². The summed E-state index contributed by atoms with van der Waals surface area (Å²) in [6, 6.07) is 3.49. The van der Waals surface area contributed by atoms with Crippen molar-refractivity contribution in [3.8, 4) is 0 Å². The van der Waals surface area contributed by atoms with E-state index in [1.54, 1.807) is 11.3 Å². The predicted molar refractivity (Wildman–Crippen MR) is 97.4 cm³/mol. The molecule has 25 heavy (non-hydrogen) atoms. The lowest BCUT2D eigenvalue weighted by Crippen LogP contribution is -2.37. The maximum atomic E-state index is 12.5. The highest BCUT2D eigenvalue weighted by Gasteiger charge is 2.23. The second-order valence-corrected chi connectivity index (χ2v) is 7.21. The summed E-state index contributed by atoms with van der Waals surface area (Å²) < 4.78 is 0. The second kappa shape index (κ2) is 7.33. The molecule has 0 saturated carbocycles. The first-order chi connectivity index (χ1) is 12.0. The average Bonchev–Trinajstić information content (AvgIpc) is 3.08. The third kappa shape index (κ3) is 3.72. The van der Waals surface area contributed by atoms with Crippen LogP contribution in [0.15, 0.2) is 27.7 Å². The highest BCUT2D eigenvalue weighted by atomic mass is 32.1. The fraction of sp³-hybridized carbons (Fsp3) is 0.389. The molecule has 0 aromatic carbocycles. The minimum atomic E-state index is -0.454.